The molecule has 0 unspecified atom stereocenters. The molecular weight excluding hydrogens is 476 g/mol. The molecule has 2 aliphatic heterocycles. The number of ether oxygens (including phenoxy) is 1. The van der Waals surface area contributed by atoms with Gasteiger partial charge in [-0.1, -0.05) is 36.1 Å². The van der Waals surface area contributed by atoms with Gasteiger partial charge in [-0.15, -0.1) is 0 Å². The summed E-state index contributed by atoms with van der Waals surface area (Å²) in [5, 5.41) is 26.9. The highest BCUT2D eigenvalue weighted by molar-refractivity contribution is 5.96. The SMILES string of the molecule is CC(C)NC(=O)C1=C(C#Cc2ccccc2)[C@@H]2Oc3c(O)ccc4c3[C@@]23CCN(CC2CC2)[C@H](C4)[C@]3(O)C1. The summed E-state index contributed by atoms with van der Waals surface area (Å²) in [4.78, 5) is 16.2. The maximum Gasteiger partial charge on any atom is 0.248 e. The van der Waals surface area contributed by atoms with Crippen molar-refractivity contribution in [2.24, 2.45) is 5.92 Å². The fourth-order valence-corrected chi connectivity index (χ4v) is 7.55. The number of hydrogen-bond acceptors (Lipinski definition) is 5. The van der Waals surface area contributed by atoms with Crippen LogP contribution in [-0.2, 0) is 16.6 Å². The Balaban J connectivity index is 1.45. The van der Waals surface area contributed by atoms with Gasteiger partial charge < -0.3 is 20.3 Å². The van der Waals surface area contributed by atoms with Gasteiger partial charge in [-0.05, 0) is 75.8 Å². The molecule has 2 fully saturated rings. The summed E-state index contributed by atoms with van der Waals surface area (Å²) < 4.78 is 6.62. The minimum Gasteiger partial charge on any atom is -0.504 e. The molecule has 6 nitrogen and oxygen atoms in total. The minimum atomic E-state index is -1.21. The number of nitrogens with one attached hydrogen (secondary N) is 1. The quantitative estimate of drug-likeness (QED) is 0.549. The number of rotatable bonds is 4. The van der Waals surface area contributed by atoms with Crippen molar-refractivity contribution in [3.05, 3.63) is 70.3 Å². The Morgan fingerprint density at radius 3 is 2.71 bits per heavy atom. The van der Waals surface area contributed by atoms with Crippen LogP contribution >= 0.6 is 0 Å². The lowest BCUT2D eigenvalue weighted by Gasteiger charge is -2.63. The van der Waals surface area contributed by atoms with Gasteiger partial charge in [-0.2, -0.15) is 0 Å². The third-order valence-electron chi connectivity index (χ3n) is 9.36. The van der Waals surface area contributed by atoms with Gasteiger partial charge in [-0.3, -0.25) is 9.69 Å². The van der Waals surface area contributed by atoms with E-state index in [0.29, 0.717) is 35.7 Å². The first-order chi connectivity index (χ1) is 18.3. The Hall–Kier alpha value is -3.27. The fraction of sp³-hybridized carbons (Fsp3) is 0.469. The molecule has 1 saturated carbocycles. The Morgan fingerprint density at radius 1 is 1.18 bits per heavy atom. The number of carbonyl (C=O) groups is 1. The van der Waals surface area contributed by atoms with Crippen molar-refractivity contribution in [1.29, 1.82) is 0 Å². The topological polar surface area (TPSA) is 82.0 Å². The van der Waals surface area contributed by atoms with Crippen molar-refractivity contribution >= 4 is 5.91 Å². The third kappa shape index (κ3) is 3.31. The van der Waals surface area contributed by atoms with Crippen LogP contribution in [0.2, 0.25) is 0 Å². The van der Waals surface area contributed by atoms with E-state index >= 15 is 0 Å². The summed E-state index contributed by atoms with van der Waals surface area (Å²) in [6.45, 7) is 5.70. The normalized spacial score (nSPS) is 30.8. The van der Waals surface area contributed by atoms with Crippen molar-refractivity contribution in [3.63, 3.8) is 0 Å². The molecule has 4 atom stereocenters. The van der Waals surface area contributed by atoms with E-state index in [9.17, 15) is 15.0 Å². The lowest BCUT2D eigenvalue weighted by atomic mass is 9.48. The van der Waals surface area contributed by atoms with Crippen molar-refractivity contribution in [2.75, 3.05) is 13.1 Å². The largest absolute Gasteiger partial charge is 0.504 e. The number of phenols is 1. The van der Waals surface area contributed by atoms with Crippen molar-refractivity contribution in [2.45, 2.75) is 75.2 Å². The van der Waals surface area contributed by atoms with Gasteiger partial charge in [-0.25, -0.2) is 0 Å². The molecule has 2 aromatic carbocycles. The lowest BCUT2D eigenvalue weighted by molar-refractivity contribution is -0.166. The van der Waals surface area contributed by atoms with Gasteiger partial charge in [0.05, 0.1) is 16.6 Å². The average Bonchev–Trinajstić information content (AvgIpc) is 3.63. The number of carbonyl (C=O) groups excluding carboxylic acids is 1. The zero-order valence-corrected chi connectivity index (χ0v) is 22.0. The number of amides is 1. The van der Waals surface area contributed by atoms with E-state index in [0.717, 1.165) is 29.8 Å². The first kappa shape index (κ1) is 23.8. The molecule has 38 heavy (non-hydrogen) atoms. The highest BCUT2D eigenvalue weighted by Crippen LogP contribution is 2.66. The number of phenolic OH excluding ortho intramolecular Hbond substituents is 1. The zero-order valence-electron chi connectivity index (χ0n) is 22.0. The third-order valence-corrected chi connectivity index (χ3v) is 9.36. The van der Waals surface area contributed by atoms with Gasteiger partial charge in [0.2, 0.25) is 5.91 Å². The smallest absolute Gasteiger partial charge is 0.248 e. The maximum absolute atomic E-state index is 13.7. The number of benzene rings is 2. The molecule has 1 spiro atoms. The molecule has 3 aliphatic carbocycles. The number of piperidine rings is 1. The number of nitrogens with zero attached hydrogens (tertiary/aromatic N) is 1. The predicted molar refractivity (Wildman–Crippen MR) is 144 cm³/mol. The van der Waals surface area contributed by atoms with E-state index in [-0.39, 0.29) is 30.2 Å². The number of hydrogen-bond donors (Lipinski definition) is 3. The molecule has 0 radical (unpaired) electrons. The Labute approximate surface area is 223 Å². The van der Waals surface area contributed by atoms with E-state index in [1.807, 2.05) is 50.2 Å². The van der Waals surface area contributed by atoms with Gasteiger partial charge in [0.15, 0.2) is 11.5 Å². The molecule has 2 heterocycles. The zero-order chi connectivity index (χ0) is 26.2. The van der Waals surface area contributed by atoms with Crippen LogP contribution in [0.5, 0.6) is 11.5 Å². The number of aromatic hydroxyl groups is 1. The molecular formula is C32H34N2O4. The summed E-state index contributed by atoms with van der Waals surface area (Å²) in [6, 6.07) is 13.2. The van der Waals surface area contributed by atoms with Crippen LogP contribution in [0.3, 0.4) is 0 Å². The van der Waals surface area contributed by atoms with E-state index in [1.165, 1.54) is 12.8 Å². The van der Waals surface area contributed by atoms with E-state index in [1.54, 1.807) is 6.07 Å². The Kier molecular flexibility index (Phi) is 5.24. The average molecular weight is 511 g/mol. The highest BCUT2D eigenvalue weighted by Gasteiger charge is 2.73. The second-order valence-electron chi connectivity index (χ2n) is 12.1. The molecule has 6 heteroatoms. The number of likely N-dealkylation sites (tertiary alicyclic amines) is 1. The predicted octanol–water partition coefficient (Wildman–Crippen LogP) is 3.44. The molecule has 2 aromatic rings. The summed E-state index contributed by atoms with van der Waals surface area (Å²) >= 11 is 0. The highest BCUT2D eigenvalue weighted by atomic mass is 16.5. The molecule has 0 aromatic heterocycles. The minimum absolute atomic E-state index is 0.0570. The standard InChI is InChI=1S/C32H34N2O4/c1-19(2)33-30(36)24-17-32(37)26-16-22-11-13-25(35)28-27(22)31(32,14-15-34(26)18-21-8-9-21)29(38-28)23(24)12-10-20-6-4-3-5-7-20/h3-7,11,13,19,21,26,29,35,37H,8-9,14-18H2,1-2H3,(H,33,36)/t26-,29+,31+,32-/m1/s1. The van der Waals surface area contributed by atoms with Crippen molar-refractivity contribution in [3.8, 4) is 23.3 Å². The molecule has 2 bridgehead atoms. The van der Waals surface area contributed by atoms with Gasteiger partial charge in [0.1, 0.15) is 6.10 Å². The molecule has 1 amide bonds. The second kappa shape index (κ2) is 8.36. The van der Waals surface area contributed by atoms with E-state index < -0.39 is 17.1 Å². The molecule has 5 aliphatic rings. The molecule has 3 N–H and O–H groups in total. The first-order valence-electron chi connectivity index (χ1n) is 13.9. The molecule has 7 rings (SSSR count). The van der Waals surface area contributed by atoms with E-state index in [4.69, 9.17) is 4.74 Å². The number of aliphatic hydroxyl groups is 1. The Morgan fingerprint density at radius 2 is 1.97 bits per heavy atom. The first-order valence-corrected chi connectivity index (χ1v) is 13.9. The van der Waals surface area contributed by atoms with Gasteiger partial charge >= 0.3 is 0 Å². The van der Waals surface area contributed by atoms with Crippen LogP contribution in [0.15, 0.2) is 53.6 Å². The van der Waals surface area contributed by atoms with Crippen LogP contribution in [0, 0.1) is 17.8 Å². The van der Waals surface area contributed by atoms with Gasteiger partial charge in [0, 0.05) is 41.7 Å². The van der Waals surface area contributed by atoms with Crippen molar-refractivity contribution in [1.82, 2.24) is 10.2 Å². The summed E-state index contributed by atoms with van der Waals surface area (Å²) in [6.07, 6.45) is 3.43. The maximum atomic E-state index is 13.7. The lowest BCUT2D eigenvalue weighted by Crippen LogP contribution is -2.75. The Bertz CT molecular complexity index is 1420. The summed E-state index contributed by atoms with van der Waals surface area (Å²) in [5.41, 5.74) is 2.05. The molecule has 1 saturated heterocycles. The summed E-state index contributed by atoms with van der Waals surface area (Å²) in [7, 11) is 0. The van der Waals surface area contributed by atoms with Gasteiger partial charge in [0.25, 0.3) is 0 Å². The fourth-order valence-electron chi connectivity index (χ4n) is 7.55. The molecule has 196 valence electrons. The van der Waals surface area contributed by atoms with Crippen LogP contribution in [0.1, 0.15) is 56.2 Å². The summed E-state index contributed by atoms with van der Waals surface area (Å²) in [5.74, 6) is 7.61. The van der Waals surface area contributed by atoms with E-state index in [2.05, 4.69) is 22.1 Å². The second-order valence-corrected chi connectivity index (χ2v) is 12.1. The van der Waals surface area contributed by atoms with Crippen LogP contribution in [0.25, 0.3) is 0 Å². The van der Waals surface area contributed by atoms with Crippen LogP contribution in [0.4, 0.5) is 0 Å². The van der Waals surface area contributed by atoms with Crippen LogP contribution in [-0.4, -0.2) is 57.9 Å². The monoisotopic (exact) mass is 510 g/mol. The van der Waals surface area contributed by atoms with Crippen molar-refractivity contribution < 1.29 is 19.7 Å². The van der Waals surface area contributed by atoms with Crippen LogP contribution < -0.4 is 10.1 Å².